The molecule has 1 atom stereocenters. The molecule has 0 saturated carbocycles. The zero-order valence-corrected chi connectivity index (χ0v) is 7.51. The van der Waals surface area contributed by atoms with E-state index in [9.17, 15) is 0 Å². The molecule has 0 fully saturated rings. The van der Waals surface area contributed by atoms with Crippen molar-refractivity contribution in [3.05, 3.63) is 5.69 Å². The zero-order valence-electron chi connectivity index (χ0n) is 7.51. The molecule has 0 radical (unpaired) electrons. The molecule has 8 nitrogen and oxygen atoms in total. The molecular formula is C6H11N5O3. The van der Waals surface area contributed by atoms with Gasteiger partial charge in [-0.05, 0) is 17.2 Å². The lowest BCUT2D eigenvalue weighted by Gasteiger charge is -2.08. The summed E-state index contributed by atoms with van der Waals surface area (Å²) in [6.45, 7) is 1.65. The predicted molar refractivity (Wildman–Crippen MR) is 47.0 cm³/mol. The summed E-state index contributed by atoms with van der Waals surface area (Å²) in [7, 11) is 0. The third kappa shape index (κ3) is 2.10. The second-order valence-electron chi connectivity index (χ2n) is 2.67. The van der Waals surface area contributed by atoms with Gasteiger partial charge in [-0.2, -0.15) is 0 Å². The average Bonchev–Trinajstić information content (AvgIpc) is 2.64. The van der Waals surface area contributed by atoms with Gasteiger partial charge in [0.2, 0.25) is 5.82 Å². The number of rotatable bonds is 4. The van der Waals surface area contributed by atoms with Gasteiger partial charge in [-0.3, -0.25) is 0 Å². The molecule has 0 aliphatic heterocycles. The number of nitrogens with two attached hydrogens (primary N) is 1. The second-order valence-corrected chi connectivity index (χ2v) is 2.67. The van der Waals surface area contributed by atoms with Crippen molar-refractivity contribution >= 4 is 11.7 Å². The van der Waals surface area contributed by atoms with Gasteiger partial charge >= 0.3 is 0 Å². The van der Waals surface area contributed by atoms with Crippen LogP contribution in [0, 0.1) is 0 Å². The minimum Gasteiger partial charge on any atom is -0.409 e. The lowest BCUT2D eigenvalue weighted by molar-refractivity contribution is 0.279. The van der Waals surface area contributed by atoms with Gasteiger partial charge in [-0.15, -0.1) is 0 Å². The molecule has 0 aliphatic rings. The highest BCUT2D eigenvalue weighted by Gasteiger charge is 2.15. The Morgan fingerprint density at radius 1 is 1.71 bits per heavy atom. The molecule has 0 amide bonds. The van der Waals surface area contributed by atoms with Crippen LogP contribution in [0.5, 0.6) is 0 Å². The van der Waals surface area contributed by atoms with Gasteiger partial charge < -0.3 is 21.4 Å². The van der Waals surface area contributed by atoms with Crippen LogP contribution in [0.3, 0.4) is 0 Å². The van der Waals surface area contributed by atoms with Crippen LogP contribution in [0.2, 0.25) is 0 Å². The Hall–Kier alpha value is -1.83. The number of amidine groups is 1. The largest absolute Gasteiger partial charge is 0.409 e. The van der Waals surface area contributed by atoms with Crippen LogP contribution in [0.15, 0.2) is 9.78 Å². The molecule has 0 aromatic carbocycles. The molecular weight excluding hydrogens is 190 g/mol. The molecule has 8 heteroatoms. The third-order valence-corrected chi connectivity index (χ3v) is 1.50. The van der Waals surface area contributed by atoms with Crippen molar-refractivity contribution in [3.8, 4) is 0 Å². The van der Waals surface area contributed by atoms with Crippen LogP contribution in [0.25, 0.3) is 0 Å². The normalized spacial score (nSPS) is 14.0. The molecule has 1 heterocycles. The standard InChI is InChI=1S/C6H11N5O3/c1-3(2-12)8-6-4(5(7)9-13)10-14-11-6/h3,12-13H,2H2,1H3,(H2,7,9)(H,8,11)/t3-/m0/s1. The Morgan fingerprint density at radius 3 is 3.00 bits per heavy atom. The van der Waals surface area contributed by atoms with Gasteiger partial charge in [0, 0.05) is 6.04 Å². The van der Waals surface area contributed by atoms with Crippen LogP contribution < -0.4 is 11.1 Å². The van der Waals surface area contributed by atoms with Crippen molar-refractivity contribution < 1.29 is 14.9 Å². The summed E-state index contributed by atoms with van der Waals surface area (Å²) < 4.78 is 4.40. The van der Waals surface area contributed by atoms with Gasteiger partial charge in [-0.25, -0.2) is 4.63 Å². The van der Waals surface area contributed by atoms with Gasteiger partial charge in [0.25, 0.3) is 0 Å². The number of nitrogens with one attached hydrogen (secondary N) is 1. The summed E-state index contributed by atoms with van der Waals surface area (Å²) in [5.74, 6) is 0.0146. The molecule has 0 unspecified atom stereocenters. The van der Waals surface area contributed by atoms with Crippen molar-refractivity contribution in [1.82, 2.24) is 10.3 Å². The summed E-state index contributed by atoms with van der Waals surface area (Å²) >= 11 is 0. The fourth-order valence-electron chi connectivity index (χ4n) is 0.778. The van der Waals surface area contributed by atoms with Crippen LogP contribution in [0.1, 0.15) is 12.6 Å². The highest BCUT2D eigenvalue weighted by atomic mass is 16.6. The Kier molecular flexibility index (Phi) is 3.24. The first-order chi connectivity index (χ1) is 6.69. The number of nitrogens with zero attached hydrogens (tertiary/aromatic N) is 3. The lowest BCUT2D eigenvalue weighted by atomic mass is 10.3. The van der Waals surface area contributed by atoms with Crippen molar-refractivity contribution in [2.24, 2.45) is 10.9 Å². The van der Waals surface area contributed by atoms with Gasteiger partial charge in [0.15, 0.2) is 11.5 Å². The number of anilines is 1. The summed E-state index contributed by atoms with van der Waals surface area (Å²) in [5, 5.41) is 29.6. The maximum absolute atomic E-state index is 8.77. The number of hydrogen-bond donors (Lipinski definition) is 4. The van der Waals surface area contributed by atoms with E-state index in [1.165, 1.54) is 0 Å². The van der Waals surface area contributed by atoms with Crippen LogP contribution in [-0.2, 0) is 0 Å². The number of aromatic nitrogens is 2. The summed E-state index contributed by atoms with van der Waals surface area (Å²) in [5.41, 5.74) is 5.40. The van der Waals surface area contributed by atoms with Crippen molar-refractivity contribution in [2.45, 2.75) is 13.0 Å². The number of hydrogen-bond acceptors (Lipinski definition) is 7. The molecule has 0 spiro atoms. The maximum Gasteiger partial charge on any atom is 0.202 e. The lowest BCUT2D eigenvalue weighted by Crippen LogP contribution is -2.23. The van der Waals surface area contributed by atoms with E-state index in [1.54, 1.807) is 6.92 Å². The Balaban J connectivity index is 2.82. The van der Waals surface area contributed by atoms with Crippen molar-refractivity contribution in [1.29, 1.82) is 0 Å². The smallest absolute Gasteiger partial charge is 0.202 e. The van der Waals surface area contributed by atoms with Crippen molar-refractivity contribution in [3.63, 3.8) is 0 Å². The van der Waals surface area contributed by atoms with Gasteiger partial charge in [0.1, 0.15) is 0 Å². The second kappa shape index (κ2) is 4.42. The summed E-state index contributed by atoms with van der Waals surface area (Å²) in [6.07, 6.45) is 0. The molecule has 1 rings (SSSR count). The Bertz CT molecular complexity index is 323. The molecule has 0 bridgehead atoms. The number of oxime groups is 1. The van der Waals surface area contributed by atoms with E-state index in [2.05, 4.69) is 25.4 Å². The monoisotopic (exact) mass is 201 g/mol. The quantitative estimate of drug-likeness (QED) is 0.212. The summed E-state index contributed by atoms with van der Waals surface area (Å²) in [6, 6.07) is -0.229. The SMILES string of the molecule is C[C@@H](CO)Nc1nonc1/C(N)=N/O. The predicted octanol–water partition coefficient (Wildman–Crippen LogP) is -1.04. The first kappa shape index (κ1) is 10.3. The first-order valence-corrected chi connectivity index (χ1v) is 3.87. The fraction of sp³-hybridized carbons (Fsp3) is 0.500. The maximum atomic E-state index is 8.77. The van der Waals surface area contributed by atoms with E-state index < -0.39 is 0 Å². The van der Waals surface area contributed by atoms with E-state index in [0.717, 1.165) is 0 Å². The molecule has 14 heavy (non-hydrogen) atoms. The van der Waals surface area contributed by atoms with E-state index in [1.807, 2.05) is 0 Å². The third-order valence-electron chi connectivity index (χ3n) is 1.50. The van der Waals surface area contributed by atoms with Gasteiger partial charge in [-0.1, -0.05) is 5.16 Å². The average molecular weight is 201 g/mol. The molecule has 0 saturated heterocycles. The zero-order chi connectivity index (χ0) is 10.6. The van der Waals surface area contributed by atoms with Gasteiger partial charge in [0.05, 0.1) is 6.61 Å². The minimum absolute atomic E-state index is 0.0809. The van der Waals surface area contributed by atoms with E-state index in [4.69, 9.17) is 16.0 Å². The van der Waals surface area contributed by atoms with E-state index in [-0.39, 0.29) is 30.0 Å². The van der Waals surface area contributed by atoms with Crippen LogP contribution in [-0.4, -0.2) is 39.1 Å². The van der Waals surface area contributed by atoms with E-state index in [0.29, 0.717) is 0 Å². The molecule has 1 aromatic heterocycles. The minimum atomic E-state index is -0.229. The molecule has 1 aromatic rings. The van der Waals surface area contributed by atoms with Crippen molar-refractivity contribution in [2.75, 3.05) is 11.9 Å². The Labute approximate surface area is 79.4 Å². The highest BCUT2D eigenvalue weighted by Crippen LogP contribution is 2.09. The molecule has 0 aliphatic carbocycles. The highest BCUT2D eigenvalue weighted by molar-refractivity contribution is 5.99. The van der Waals surface area contributed by atoms with Crippen LogP contribution in [0.4, 0.5) is 5.82 Å². The molecule has 78 valence electrons. The number of aliphatic hydroxyl groups excluding tert-OH is 1. The Morgan fingerprint density at radius 2 is 2.43 bits per heavy atom. The van der Waals surface area contributed by atoms with Crippen LogP contribution >= 0.6 is 0 Å². The number of aliphatic hydroxyl groups is 1. The topological polar surface area (TPSA) is 130 Å². The molecule has 5 N–H and O–H groups in total. The first-order valence-electron chi connectivity index (χ1n) is 3.87. The van der Waals surface area contributed by atoms with E-state index >= 15 is 0 Å². The fourth-order valence-corrected chi connectivity index (χ4v) is 0.778. The summed E-state index contributed by atoms with van der Waals surface area (Å²) in [4.78, 5) is 0.